The Morgan fingerprint density at radius 3 is 2.94 bits per heavy atom. The standard InChI is InChI=1S/C10H11NO4S/c12-9(6-1-2-16-5-6)11-8-4-15-3-7(8)10(13)14/h1-2,5,7-8H,3-4H2,(H,11,12)(H,13,14). The number of carbonyl (C=O) groups excluding carboxylic acids is 1. The predicted molar refractivity (Wildman–Crippen MR) is 57.5 cm³/mol. The van der Waals surface area contributed by atoms with Gasteiger partial charge in [0.25, 0.3) is 5.91 Å². The average molecular weight is 241 g/mol. The van der Waals surface area contributed by atoms with Crippen molar-refractivity contribution >= 4 is 23.2 Å². The van der Waals surface area contributed by atoms with Gasteiger partial charge in [-0.25, -0.2) is 0 Å². The summed E-state index contributed by atoms with van der Waals surface area (Å²) in [5.74, 6) is -1.83. The van der Waals surface area contributed by atoms with E-state index in [0.717, 1.165) is 0 Å². The van der Waals surface area contributed by atoms with Crippen molar-refractivity contribution in [3.63, 3.8) is 0 Å². The number of aliphatic carboxylic acids is 1. The van der Waals surface area contributed by atoms with Crippen LogP contribution in [0.5, 0.6) is 0 Å². The molecule has 1 aliphatic rings. The van der Waals surface area contributed by atoms with Crippen molar-refractivity contribution in [2.75, 3.05) is 13.2 Å². The third kappa shape index (κ3) is 2.23. The molecule has 0 spiro atoms. The molecular weight excluding hydrogens is 230 g/mol. The minimum absolute atomic E-state index is 0.157. The molecule has 0 saturated carbocycles. The van der Waals surface area contributed by atoms with Gasteiger partial charge in [0.2, 0.25) is 0 Å². The maximum atomic E-state index is 11.7. The summed E-state index contributed by atoms with van der Waals surface area (Å²) in [5, 5.41) is 15.1. The third-order valence-corrected chi connectivity index (χ3v) is 3.18. The highest BCUT2D eigenvalue weighted by atomic mass is 32.1. The highest BCUT2D eigenvalue weighted by molar-refractivity contribution is 7.08. The second kappa shape index (κ2) is 4.63. The van der Waals surface area contributed by atoms with Gasteiger partial charge in [-0.15, -0.1) is 0 Å². The highest BCUT2D eigenvalue weighted by Gasteiger charge is 2.35. The fourth-order valence-electron chi connectivity index (χ4n) is 1.59. The average Bonchev–Trinajstić information content (AvgIpc) is 2.86. The van der Waals surface area contributed by atoms with E-state index in [2.05, 4.69) is 5.32 Å². The largest absolute Gasteiger partial charge is 0.481 e. The summed E-state index contributed by atoms with van der Waals surface area (Å²) in [6, 6.07) is 1.26. The molecule has 0 aromatic carbocycles. The Labute approximate surface area is 96.0 Å². The Kier molecular flexibility index (Phi) is 3.21. The molecule has 2 rings (SSSR count). The first kappa shape index (κ1) is 11.1. The molecule has 0 radical (unpaired) electrons. The maximum Gasteiger partial charge on any atom is 0.311 e. The van der Waals surface area contributed by atoms with E-state index in [1.54, 1.807) is 16.8 Å². The molecule has 2 atom stereocenters. The number of nitrogens with one attached hydrogen (secondary N) is 1. The van der Waals surface area contributed by atoms with E-state index in [9.17, 15) is 9.59 Å². The van der Waals surface area contributed by atoms with Crippen molar-refractivity contribution < 1.29 is 19.4 Å². The molecule has 1 saturated heterocycles. The Balaban J connectivity index is 1.99. The Morgan fingerprint density at radius 1 is 1.50 bits per heavy atom. The van der Waals surface area contributed by atoms with E-state index in [-0.39, 0.29) is 19.1 Å². The van der Waals surface area contributed by atoms with E-state index >= 15 is 0 Å². The van der Waals surface area contributed by atoms with Crippen LogP contribution < -0.4 is 5.32 Å². The summed E-state index contributed by atoms with van der Waals surface area (Å²) in [6.07, 6.45) is 0. The summed E-state index contributed by atoms with van der Waals surface area (Å²) in [5.41, 5.74) is 0.557. The molecule has 2 unspecified atom stereocenters. The molecule has 6 heteroatoms. The van der Waals surface area contributed by atoms with E-state index in [0.29, 0.717) is 5.56 Å². The number of carboxylic acid groups (broad SMARTS) is 1. The Morgan fingerprint density at radius 2 is 2.31 bits per heavy atom. The van der Waals surface area contributed by atoms with Crippen LogP contribution in [0.2, 0.25) is 0 Å². The van der Waals surface area contributed by atoms with E-state index < -0.39 is 17.9 Å². The van der Waals surface area contributed by atoms with Crippen molar-refractivity contribution in [1.82, 2.24) is 5.32 Å². The zero-order valence-corrected chi connectivity index (χ0v) is 9.20. The Bertz CT molecular complexity index is 390. The van der Waals surface area contributed by atoms with Crippen molar-refractivity contribution in [3.05, 3.63) is 22.4 Å². The minimum Gasteiger partial charge on any atom is -0.481 e. The van der Waals surface area contributed by atoms with E-state index in [4.69, 9.17) is 9.84 Å². The van der Waals surface area contributed by atoms with Gasteiger partial charge in [-0.3, -0.25) is 9.59 Å². The van der Waals surface area contributed by atoms with Crippen LogP contribution in [0.3, 0.4) is 0 Å². The first-order valence-corrected chi connectivity index (χ1v) is 5.76. The zero-order chi connectivity index (χ0) is 11.5. The number of carboxylic acids is 1. The number of amides is 1. The molecule has 1 aromatic heterocycles. The molecule has 0 aliphatic carbocycles. The first-order chi connectivity index (χ1) is 7.68. The number of carbonyl (C=O) groups is 2. The number of thiophene rings is 1. The van der Waals surface area contributed by atoms with Gasteiger partial charge < -0.3 is 15.2 Å². The lowest BCUT2D eigenvalue weighted by molar-refractivity contribution is -0.142. The number of hydrogen-bond donors (Lipinski definition) is 2. The summed E-state index contributed by atoms with van der Waals surface area (Å²) in [7, 11) is 0. The fraction of sp³-hybridized carbons (Fsp3) is 0.400. The molecule has 2 N–H and O–H groups in total. The van der Waals surface area contributed by atoms with Crippen LogP contribution in [0.15, 0.2) is 16.8 Å². The topological polar surface area (TPSA) is 75.6 Å². The molecular formula is C10H11NO4S. The van der Waals surface area contributed by atoms with Gasteiger partial charge in [0.15, 0.2) is 0 Å². The lowest BCUT2D eigenvalue weighted by Crippen LogP contribution is -2.42. The first-order valence-electron chi connectivity index (χ1n) is 4.82. The smallest absolute Gasteiger partial charge is 0.311 e. The molecule has 86 valence electrons. The minimum atomic E-state index is -0.937. The van der Waals surface area contributed by atoms with Crippen LogP contribution in [-0.2, 0) is 9.53 Å². The van der Waals surface area contributed by atoms with Gasteiger partial charge in [0.05, 0.1) is 19.3 Å². The normalized spacial score (nSPS) is 24.2. The van der Waals surface area contributed by atoms with Crippen molar-refractivity contribution in [3.8, 4) is 0 Å². The molecule has 5 nitrogen and oxygen atoms in total. The van der Waals surface area contributed by atoms with Crippen LogP contribution in [0.25, 0.3) is 0 Å². The second-order valence-corrected chi connectivity index (χ2v) is 4.35. The number of hydrogen-bond acceptors (Lipinski definition) is 4. The maximum absolute atomic E-state index is 11.7. The van der Waals surface area contributed by atoms with Crippen molar-refractivity contribution in [1.29, 1.82) is 0 Å². The number of ether oxygens (including phenoxy) is 1. The van der Waals surface area contributed by atoms with E-state index in [1.807, 2.05) is 0 Å². The molecule has 1 fully saturated rings. The van der Waals surface area contributed by atoms with Crippen LogP contribution >= 0.6 is 11.3 Å². The molecule has 1 aliphatic heterocycles. The van der Waals surface area contributed by atoms with Gasteiger partial charge >= 0.3 is 5.97 Å². The summed E-state index contributed by atoms with van der Waals surface area (Å²) in [6.45, 7) is 0.413. The van der Waals surface area contributed by atoms with Crippen LogP contribution in [0.4, 0.5) is 0 Å². The number of rotatable bonds is 3. The van der Waals surface area contributed by atoms with Gasteiger partial charge in [0, 0.05) is 10.9 Å². The third-order valence-electron chi connectivity index (χ3n) is 2.50. The monoisotopic (exact) mass is 241 g/mol. The van der Waals surface area contributed by atoms with Gasteiger partial charge in [0.1, 0.15) is 5.92 Å². The van der Waals surface area contributed by atoms with Crippen LogP contribution in [-0.4, -0.2) is 36.2 Å². The summed E-state index contributed by atoms with van der Waals surface area (Å²) >= 11 is 1.42. The summed E-state index contributed by atoms with van der Waals surface area (Å²) in [4.78, 5) is 22.5. The lowest BCUT2D eigenvalue weighted by Gasteiger charge is -2.14. The van der Waals surface area contributed by atoms with Gasteiger partial charge in [-0.1, -0.05) is 0 Å². The quantitative estimate of drug-likeness (QED) is 0.811. The van der Waals surface area contributed by atoms with Crippen LogP contribution in [0, 0.1) is 5.92 Å². The SMILES string of the molecule is O=C(NC1COCC1C(=O)O)c1ccsc1. The Hall–Kier alpha value is -1.40. The molecule has 16 heavy (non-hydrogen) atoms. The second-order valence-electron chi connectivity index (χ2n) is 3.57. The molecule has 1 amide bonds. The van der Waals surface area contributed by atoms with Crippen molar-refractivity contribution in [2.45, 2.75) is 6.04 Å². The highest BCUT2D eigenvalue weighted by Crippen LogP contribution is 2.15. The zero-order valence-electron chi connectivity index (χ0n) is 8.38. The summed E-state index contributed by atoms with van der Waals surface area (Å²) < 4.78 is 5.06. The molecule has 1 aromatic rings. The predicted octanol–water partition coefficient (Wildman–Crippen LogP) is 0.577. The van der Waals surface area contributed by atoms with Gasteiger partial charge in [-0.2, -0.15) is 11.3 Å². The fourth-order valence-corrected chi connectivity index (χ4v) is 2.22. The van der Waals surface area contributed by atoms with E-state index in [1.165, 1.54) is 11.3 Å². The molecule has 0 bridgehead atoms. The van der Waals surface area contributed by atoms with Gasteiger partial charge in [-0.05, 0) is 11.4 Å². The van der Waals surface area contributed by atoms with Crippen LogP contribution in [0.1, 0.15) is 10.4 Å². The van der Waals surface area contributed by atoms with Crippen molar-refractivity contribution in [2.24, 2.45) is 5.92 Å². The lowest BCUT2D eigenvalue weighted by atomic mass is 10.0. The molecule has 2 heterocycles.